The molecule has 30 heavy (non-hydrogen) atoms. The van der Waals surface area contributed by atoms with Crippen LogP contribution in [0.1, 0.15) is 16.7 Å². The Hall–Kier alpha value is -3.31. The van der Waals surface area contributed by atoms with E-state index >= 15 is 0 Å². The molecular formula is C25H25N3O2. The van der Waals surface area contributed by atoms with Gasteiger partial charge in [-0.3, -0.25) is 4.90 Å². The van der Waals surface area contributed by atoms with Crippen molar-refractivity contribution in [3.05, 3.63) is 77.6 Å². The number of nitrogens with zero attached hydrogens (tertiary/aromatic N) is 2. The Bertz CT molecular complexity index is 1180. The largest absolute Gasteiger partial charge is 0.493 e. The van der Waals surface area contributed by atoms with Crippen LogP contribution >= 0.6 is 0 Å². The molecule has 3 aromatic carbocycles. The summed E-state index contributed by atoms with van der Waals surface area (Å²) in [4.78, 5) is 9.96. The van der Waals surface area contributed by atoms with Gasteiger partial charge in [-0.15, -0.1) is 0 Å². The van der Waals surface area contributed by atoms with Gasteiger partial charge in [0.25, 0.3) is 0 Å². The van der Waals surface area contributed by atoms with Gasteiger partial charge in [-0.1, -0.05) is 30.3 Å². The van der Waals surface area contributed by atoms with E-state index in [-0.39, 0.29) is 0 Å². The summed E-state index contributed by atoms with van der Waals surface area (Å²) >= 11 is 0. The molecule has 2 heterocycles. The second-order valence-corrected chi connectivity index (χ2v) is 7.77. The Morgan fingerprint density at radius 2 is 1.63 bits per heavy atom. The molecule has 0 saturated heterocycles. The fraction of sp³-hybridized carbons (Fsp3) is 0.240. The van der Waals surface area contributed by atoms with Crippen molar-refractivity contribution in [1.82, 2.24) is 14.9 Å². The van der Waals surface area contributed by atoms with E-state index in [1.54, 1.807) is 20.5 Å². The quantitative estimate of drug-likeness (QED) is 0.523. The first-order valence-electron chi connectivity index (χ1n) is 10.2. The van der Waals surface area contributed by atoms with Crippen LogP contribution in [-0.4, -0.2) is 35.6 Å². The number of methoxy groups -OCH3 is 2. The summed E-state index contributed by atoms with van der Waals surface area (Å²) in [6.45, 7) is 2.91. The average molecular weight is 399 g/mol. The molecule has 1 aromatic heterocycles. The van der Waals surface area contributed by atoms with E-state index in [0.29, 0.717) is 0 Å². The lowest BCUT2D eigenvalue weighted by atomic mass is 9.98. The van der Waals surface area contributed by atoms with Crippen LogP contribution in [0.3, 0.4) is 0 Å². The third-order valence-electron chi connectivity index (χ3n) is 5.91. The summed E-state index contributed by atoms with van der Waals surface area (Å²) in [5.41, 5.74) is 8.48. The summed E-state index contributed by atoms with van der Waals surface area (Å²) in [7, 11) is 3.38. The maximum atomic E-state index is 5.48. The third-order valence-corrected chi connectivity index (χ3v) is 5.91. The lowest BCUT2D eigenvalue weighted by Gasteiger charge is -2.29. The minimum atomic E-state index is 0.802. The van der Waals surface area contributed by atoms with Gasteiger partial charge in [0, 0.05) is 19.6 Å². The van der Waals surface area contributed by atoms with E-state index in [2.05, 4.69) is 69.5 Å². The van der Waals surface area contributed by atoms with Crippen molar-refractivity contribution < 1.29 is 9.47 Å². The zero-order valence-electron chi connectivity index (χ0n) is 17.3. The van der Waals surface area contributed by atoms with Gasteiger partial charge in [-0.05, 0) is 58.5 Å². The van der Waals surface area contributed by atoms with Crippen molar-refractivity contribution in [3.8, 4) is 22.6 Å². The average Bonchev–Trinajstić information content (AvgIpc) is 3.26. The smallest absolute Gasteiger partial charge is 0.161 e. The first-order chi connectivity index (χ1) is 14.7. The normalized spacial score (nSPS) is 13.9. The van der Waals surface area contributed by atoms with Crippen molar-refractivity contribution in [2.24, 2.45) is 0 Å². The number of rotatable bonds is 5. The summed E-state index contributed by atoms with van der Waals surface area (Å²) in [5, 5.41) is 0. The lowest BCUT2D eigenvalue weighted by Crippen LogP contribution is -2.30. The molecule has 0 saturated carbocycles. The highest BCUT2D eigenvalue weighted by Crippen LogP contribution is 2.33. The predicted octanol–water partition coefficient (Wildman–Crippen LogP) is 4.81. The van der Waals surface area contributed by atoms with Gasteiger partial charge >= 0.3 is 0 Å². The Morgan fingerprint density at radius 3 is 2.40 bits per heavy atom. The maximum Gasteiger partial charge on any atom is 0.161 e. The van der Waals surface area contributed by atoms with Crippen molar-refractivity contribution in [1.29, 1.82) is 0 Å². The number of benzene rings is 3. The van der Waals surface area contributed by atoms with Gasteiger partial charge in [-0.2, -0.15) is 0 Å². The van der Waals surface area contributed by atoms with Crippen LogP contribution in [0.25, 0.3) is 22.2 Å². The number of ether oxygens (including phenoxy) is 2. The number of hydrogen-bond donors (Lipinski definition) is 1. The molecule has 0 aliphatic carbocycles. The number of aromatic nitrogens is 2. The second-order valence-electron chi connectivity index (χ2n) is 7.77. The number of hydrogen-bond acceptors (Lipinski definition) is 4. The van der Waals surface area contributed by atoms with Gasteiger partial charge < -0.3 is 14.5 Å². The van der Waals surface area contributed by atoms with Gasteiger partial charge in [-0.25, -0.2) is 4.98 Å². The Balaban J connectivity index is 1.30. The van der Waals surface area contributed by atoms with Crippen molar-refractivity contribution in [3.63, 3.8) is 0 Å². The molecule has 0 bridgehead atoms. The van der Waals surface area contributed by atoms with E-state index in [9.17, 15) is 0 Å². The van der Waals surface area contributed by atoms with E-state index in [1.807, 2.05) is 0 Å². The molecule has 152 valence electrons. The number of imidazole rings is 1. The fourth-order valence-corrected chi connectivity index (χ4v) is 4.25. The van der Waals surface area contributed by atoms with Crippen molar-refractivity contribution in [2.75, 3.05) is 20.8 Å². The Kier molecular flexibility index (Phi) is 4.89. The fourth-order valence-electron chi connectivity index (χ4n) is 4.25. The van der Waals surface area contributed by atoms with E-state index in [4.69, 9.17) is 9.47 Å². The molecule has 0 fully saturated rings. The minimum Gasteiger partial charge on any atom is -0.493 e. The SMILES string of the molecule is COc1cc2c(cc1OC)CN(Cc1ccc(-c3ccc4nc[nH]c4c3)cc1)CC2. The zero-order valence-corrected chi connectivity index (χ0v) is 17.3. The van der Waals surface area contributed by atoms with Gasteiger partial charge in [0.2, 0.25) is 0 Å². The molecule has 5 rings (SSSR count). The molecule has 5 heteroatoms. The summed E-state index contributed by atoms with van der Waals surface area (Å²) < 4.78 is 10.9. The summed E-state index contributed by atoms with van der Waals surface area (Å²) in [6, 6.07) is 19.5. The number of fused-ring (bicyclic) bond motifs is 2. The van der Waals surface area contributed by atoms with E-state index in [0.717, 1.165) is 48.6 Å². The minimum absolute atomic E-state index is 0.802. The maximum absolute atomic E-state index is 5.48. The molecule has 0 amide bonds. The van der Waals surface area contributed by atoms with Gasteiger partial charge in [0.1, 0.15) is 0 Å². The number of H-pyrrole nitrogens is 1. The van der Waals surface area contributed by atoms with Crippen LogP contribution < -0.4 is 9.47 Å². The van der Waals surface area contributed by atoms with Crippen LogP contribution in [0, 0.1) is 0 Å². The summed E-state index contributed by atoms with van der Waals surface area (Å²) in [5.74, 6) is 1.62. The number of aromatic amines is 1. The highest BCUT2D eigenvalue weighted by molar-refractivity contribution is 5.81. The zero-order chi connectivity index (χ0) is 20.5. The monoisotopic (exact) mass is 399 g/mol. The molecule has 0 spiro atoms. The summed E-state index contributed by atoms with van der Waals surface area (Å²) in [6.07, 6.45) is 2.76. The van der Waals surface area contributed by atoms with Crippen LogP contribution in [0.15, 0.2) is 60.9 Å². The standard InChI is InChI=1S/C25H25N3O2/c1-29-24-12-20-9-10-28(15-21(20)13-25(24)30-2)14-17-3-5-18(6-4-17)19-7-8-22-23(11-19)27-16-26-22/h3-8,11-13,16H,9-10,14-15H2,1-2H3,(H,26,27). The highest BCUT2D eigenvalue weighted by Gasteiger charge is 2.19. The molecule has 0 unspecified atom stereocenters. The van der Waals surface area contributed by atoms with Gasteiger partial charge in [0.05, 0.1) is 31.6 Å². The van der Waals surface area contributed by atoms with Gasteiger partial charge in [0.15, 0.2) is 11.5 Å². The topological polar surface area (TPSA) is 50.4 Å². The van der Waals surface area contributed by atoms with Crippen LogP contribution in [-0.2, 0) is 19.5 Å². The van der Waals surface area contributed by atoms with E-state index in [1.165, 1.54) is 27.8 Å². The third kappa shape index (κ3) is 3.53. The van der Waals surface area contributed by atoms with Crippen LogP contribution in [0.2, 0.25) is 0 Å². The second kappa shape index (κ2) is 7.84. The highest BCUT2D eigenvalue weighted by atomic mass is 16.5. The molecule has 0 atom stereocenters. The predicted molar refractivity (Wildman–Crippen MR) is 119 cm³/mol. The lowest BCUT2D eigenvalue weighted by molar-refractivity contribution is 0.244. The van der Waals surface area contributed by atoms with E-state index < -0.39 is 0 Å². The van der Waals surface area contributed by atoms with Crippen LogP contribution in [0.4, 0.5) is 0 Å². The first-order valence-corrected chi connectivity index (χ1v) is 10.2. The van der Waals surface area contributed by atoms with Crippen LogP contribution in [0.5, 0.6) is 11.5 Å². The van der Waals surface area contributed by atoms with Crippen molar-refractivity contribution >= 4 is 11.0 Å². The molecule has 0 radical (unpaired) electrons. The molecule has 1 aliphatic heterocycles. The first kappa shape index (κ1) is 18.7. The number of nitrogens with one attached hydrogen (secondary N) is 1. The molecule has 1 aliphatic rings. The molecule has 5 nitrogen and oxygen atoms in total. The Labute approximate surface area is 176 Å². The molecule has 4 aromatic rings. The molecular weight excluding hydrogens is 374 g/mol. The van der Waals surface area contributed by atoms with Crippen molar-refractivity contribution in [2.45, 2.75) is 19.5 Å². The molecule has 1 N–H and O–H groups in total. The Morgan fingerprint density at radius 1 is 0.900 bits per heavy atom.